The molecule has 0 aliphatic carbocycles. The molecule has 0 bridgehead atoms. The number of fused-ring (bicyclic) bond motifs is 2. The molecule has 2 aromatic heterocycles. The minimum atomic E-state index is -0.253. The number of nitrogen functional groups attached to an aromatic ring is 1. The van der Waals surface area contributed by atoms with Crippen LogP contribution in [0.15, 0.2) is 57.3 Å². The molecule has 2 aromatic carbocycles. The van der Waals surface area contributed by atoms with Gasteiger partial charge in [0.2, 0.25) is 6.79 Å². The molecule has 0 amide bonds. The summed E-state index contributed by atoms with van der Waals surface area (Å²) < 4.78 is 27.0. The number of imidazole rings is 1. The van der Waals surface area contributed by atoms with Crippen molar-refractivity contribution in [1.29, 1.82) is 0 Å². The van der Waals surface area contributed by atoms with Crippen LogP contribution >= 0.6 is 27.7 Å². The Balaban J connectivity index is 1.52. The van der Waals surface area contributed by atoms with Crippen molar-refractivity contribution >= 4 is 44.7 Å². The van der Waals surface area contributed by atoms with E-state index in [1.165, 1.54) is 30.2 Å². The van der Waals surface area contributed by atoms with E-state index in [0.717, 1.165) is 20.1 Å². The summed E-state index contributed by atoms with van der Waals surface area (Å²) in [6.07, 6.45) is 2.12. The lowest BCUT2D eigenvalue weighted by Crippen LogP contribution is -2.04. The van der Waals surface area contributed by atoms with Crippen LogP contribution in [0.4, 0.5) is 10.2 Å². The molecule has 1 aliphatic rings. The van der Waals surface area contributed by atoms with E-state index in [-0.39, 0.29) is 12.6 Å². The summed E-state index contributed by atoms with van der Waals surface area (Å²) in [5.74, 6) is 1.46. The molecule has 1 aliphatic heterocycles. The second-order valence-corrected chi connectivity index (χ2v) is 8.45. The molecule has 5 rings (SSSR count). The van der Waals surface area contributed by atoms with Gasteiger partial charge in [0, 0.05) is 15.9 Å². The Hall–Kier alpha value is -2.85. The molecule has 0 saturated carbocycles. The molecular formula is C20H15BrFN5O2S. The van der Waals surface area contributed by atoms with Gasteiger partial charge in [0.1, 0.15) is 12.1 Å². The number of nitrogens with two attached hydrogens (primary N) is 1. The molecule has 2 N–H and O–H groups in total. The van der Waals surface area contributed by atoms with Crippen molar-refractivity contribution < 1.29 is 13.9 Å². The molecule has 4 aromatic rings. The SMILES string of the molecule is Nc1ncnc2c1nc(Sc1cc3c(cc1Br)OCO3)n2CCc1ccc(F)cc1. The number of ether oxygens (including phenoxy) is 2. The first kappa shape index (κ1) is 19.1. The maximum atomic E-state index is 13.2. The molecule has 0 fully saturated rings. The van der Waals surface area contributed by atoms with E-state index in [9.17, 15) is 4.39 Å². The van der Waals surface area contributed by atoms with Crippen LogP contribution in [0.25, 0.3) is 11.2 Å². The third-order valence-corrected chi connectivity index (χ3v) is 6.66. The number of aromatic nitrogens is 4. The maximum absolute atomic E-state index is 13.2. The van der Waals surface area contributed by atoms with Crippen LogP contribution in [0.5, 0.6) is 11.5 Å². The summed E-state index contributed by atoms with van der Waals surface area (Å²) in [6, 6.07) is 10.3. The summed E-state index contributed by atoms with van der Waals surface area (Å²) >= 11 is 5.06. The quantitative estimate of drug-likeness (QED) is 0.445. The van der Waals surface area contributed by atoms with Gasteiger partial charge in [0.05, 0.1) is 0 Å². The van der Waals surface area contributed by atoms with Gasteiger partial charge in [-0.05, 0) is 52.2 Å². The topological polar surface area (TPSA) is 88.1 Å². The number of anilines is 1. The van der Waals surface area contributed by atoms with Crippen molar-refractivity contribution in [3.63, 3.8) is 0 Å². The van der Waals surface area contributed by atoms with E-state index < -0.39 is 0 Å². The summed E-state index contributed by atoms with van der Waals surface area (Å²) in [6.45, 7) is 0.807. The monoisotopic (exact) mass is 487 g/mol. The fraction of sp³-hybridized carbons (Fsp3) is 0.150. The Kier molecular flexibility index (Phi) is 4.95. The zero-order valence-corrected chi connectivity index (χ0v) is 17.9. The molecule has 0 radical (unpaired) electrons. The summed E-state index contributed by atoms with van der Waals surface area (Å²) in [7, 11) is 0. The van der Waals surface area contributed by atoms with Gasteiger partial charge in [-0.25, -0.2) is 19.3 Å². The first-order valence-electron chi connectivity index (χ1n) is 9.06. The van der Waals surface area contributed by atoms with Crippen molar-refractivity contribution in [3.05, 3.63) is 58.6 Å². The molecule has 10 heteroatoms. The predicted molar refractivity (Wildman–Crippen MR) is 114 cm³/mol. The van der Waals surface area contributed by atoms with Crippen LogP contribution in [0.2, 0.25) is 0 Å². The highest BCUT2D eigenvalue weighted by Crippen LogP contribution is 2.43. The van der Waals surface area contributed by atoms with E-state index in [2.05, 4.69) is 25.9 Å². The molecule has 152 valence electrons. The molecule has 0 unspecified atom stereocenters. The maximum Gasteiger partial charge on any atom is 0.231 e. The first-order chi connectivity index (χ1) is 14.6. The van der Waals surface area contributed by atoms with Gasteiger partial charge in [-0.3, -0.25) is 0 Å². The summed E-state index contributed by atoms with van der Waals surface area (Å²) in [5.41, 5.74) is 8.26. The minimum Gasteiger partial charge on any atom is -0.454 e. The largest absolute Gasteiger partial charge is 0.454 e. The van der Waals surface area contributed by atoms with Crippen LogP contribution in [-0.2, 0) is 13.0 Å². The van der Waals surface area contributed by atoms with E-state index in [1.54, 1.807) is 12.1 Å². The highest BCUT2D eigenvalue weighted by Gasteiger charge is 2.20. The lowest BCUT2D eigenvalue weighted by atomic mass is 10.1. The first-order valence-corrected chi connectivity index (χ1v) is 10.7. The van der Waals surface area contributed by atoms with Gasteiger partial charge in [0.25, 0.3) is 0 Å². The summed E-state index contributed by atoms with van der Waals surface area (Å²) in [5, 5.41) is 0.721. The van der Waals surface area contributed by atoms with Gasteiger partial charge >= 0.3 is 0 Å². The number of aryl methyl sites for hydroxylation is 2. The average molecular weight is 488 g/mol. The Morgan fingerprint density at radius 3 is 2.70 bits per heavy atom. The van der Waals surface area contributed by atoms with E-state index in [0.29, 0.717) is 41.4 Å². The van der Waals surface area contributed by atoms with Crippen molar-refractivity contribution in [2.75, 3.05) is 12.5 Å². The van der Waals surface area contributed by atoms with E-state index in [1.807, 2.05) is 16.7 Å². The second kappa shape index (κ2) is 7.77. The van der Waals surface area contributed by atoms with Gasteiger partial charge in [-0.15, -0.1) is 0 Å². The smallest absolute Gasteiger partial charge is 0.231 e. The Labute approximate surface area is 183 Å². The molecule has 30 heavy (non-hydrogen) atoms. The number of halogens is 2. The number of hydrogen-bond donors (Lipinski definition) is 1. The number of hydrogen-bond acceptors (Lipinski definition) is 7. The van der Waals surface area contributed by atoms with Gasteiger partial charge in [-0.1, -0.05) is 23.9 Å². The standard InChI is InChI=1S/C20H15BrFN5O2S/c21-13-7-14-15(29-10-28-14)8-16(13)30-20-26-17-18(23)24-9-25-19(17)27(20)6-5-11-1-3-12(22)4-2-11/h1-4,7-9H,5-6,10H2,(H2,23,24,25). The van der Waals surface area contributed by atoms with Crippen molar-refractivity contribution in [2.24, 2.45) is 0 Å². The van der Waals surface area contributed by atoms with Crippen molar-refractivity contribution in [3.8, 4) is 11.5 Å². The normalized spacial score (nSPS) is 12.6. The molecule has 0 spiro atoms. The van der Waals surface area contributed by atoms with Crippen molar-refractivity contribution in [2.45, 2.75) is 23.0 Å². The fourth-order valence-corrected chi connectivity index (χ4v) is 4.69. The van der Waals surface area contributed by atoms with Crippen LogP contribution in [0, 0.1) is 5.82 Å². The number of nitrogens with zero attached hydrogens (tertiary/aromatic N) is 4. The predicted octanol–water partition coefficient (Wildman–Crippen LogP) is 4.43. The summed E-state index contributed by atoms with van der Waals surface area (Å²) in [4.78, 5) is 14.1. The van der Waals surface area contributed by atoms with E-state index in [4.69, 9.17) is 20.2 Å². The van der Waals surface area contributed by atoms with Gasteiger partial charge in [0.15, 0.2) is 33.6 Å². The number of benzene rings is 2. The van der Waals surface area contributed by atoms with Crippen LogP contribution in [-0.4, -0.2) is 26.3 Å². The fourth-order valence-electron chi connectivity index (χ4n) is 3.18. The van der Waals surface area contributed by atoms with Gasteiger partial charge < -0.3 is 19.8 Å². The molecular weight excluding hydrogens is 473 g/mol. The lowest BCUT2D eigenvalue weighted by molar-refractivity contribution is 0.174. The minimum absolute atomic E-state index is 0.207. The zero-order chi connectivity index (χ0) is 20.7. The van der Waals surface area contributed by atoms with Crippen molar-refractivity contribution in [1.82, 2.24) is 19.5 Å². The lowest BCUT2D eigenvalue weighted by Gasteiger charge is -2.10. The molecule has 0 atom stereocenters. The van der Waals surface area contributed by atoms with E-state index >= 15 is 0 Å². The zero-order valence-electron chi connectivity index (χ0n) is 15.5. The van der Waals surface area contributed by atoms with Crippen LogP contribution in [0.3, 0.4) is 0 Å². The highest BCUT2D eigenvalue weighted by molar-refractivity contribution is 9.10. The Morgan fingerprint density at radius 1 is 1.13 bits per heavy atom. The van der Waals surface area contributed by atoms with Crippen LogP contribution in [0.1, 0.15) is 5.56 Å². The highest BCUT2D eigenvalue weighted by atomic mass is 79.9. The molecule has 7 nitrogen and oxygen atoms in total. The average Bonchev–Trinajstić information content (AvgIpc) is 3.33. The second-order valence-electron chi connectivity index (χ2n) is 6.59. The Morgan fingerprint density at radius 2 is 1.90 bits per heavy atom. The third-order valence-electron chi connectivity index (χ3n) is 4.69. The Bertz CT molecular complexity index is 1250. The molecule has 0 saturated heterocycles. The molecule has 3 heterocycles. The van der Waals surface area contributed by atoms with Crippen LogP contribution < -0.4 is 15.2 Å². The van der Waals surface area contributed by atoms with Gasteiger partial charge in [-0.2, -0.15) is 0 Å². The number of rotatable bonds is 5. The third kappa shape index (κ3) is 3.56.